The van der Waals surface area contributed by atoms with Crippen molar-refractivity contribution in [3.63, 3.8) is 0 Å². The minimum atomic E-state index is -0.443. The molecule has 0 N–H and O–H groups in total. The number of rotatable bonds is 14. The first-order chi connectivity index (χ1) is 14.1. The normalized spacial score (nSPS) is 10.7. The molecule has 0 aliphatic rings. The van der Waals surface area contributed by atoms with Gasteiger partial charge in [0.15, 0.2) is 11.5 Å². The number of hydrogen-bond acceptors (Lipinski definition) is 7. The van der Waals surface area contributed by atoms with Crippen molar-refractivity contribution in [3.05, 3.63) is 11.6 Å². The molecule has 1 aromatic carbocycles. The van der Waals surface area contributed by atoms with E-state index in [1.165, 1.54) is 6.08 Å². The summed E-state index contributed by atoms with van der Waals surface area (Å²) in [7, 11) is 0. The molecule has 0 radical (unpaired) electrons. The van der Waals surface area contributed by atoms with Gasteiger partial charge in [-0.25, -0.2) is 4.79 Å². The fourth-order valence-electron chi connectivity index (χ4n) is 2.61. The predicted molar refractivity (Wildman–Crippen MR) is 113 cm³/mol. The van der Waals surface area contributed by atoms with Crippen molar-refractivity contribution in [1.82, 2.24) is 0 Å². The second-order valence-electron chi connectivity index (χ2n) is 5.73. The molecule has 1 rings (SSSR count). The van der Waals surface area contributed by atoms with Crippen LogP contribution in [-0.2, 0) is 9.53 Å². The summed E-state index contributed by atoms with van der Waals surface area (Å²) >= 11 is 0. The first-order valence-electron chi connectivity index (χ1n) is 10.3. The smallest absolute Gasteiger partial charge is 0.330 e. The largest absolute Gasteiger partial charge is 0.489 e. The zero-order valence-electron chi connectivity index (χ0n) is 18.5. The SMILES string of the molecule is CCCOC(=O)C=Cc1c(OCC)c(OCC)c(OCC)c(OCC)c1OCC. The summed E-state index contributed by atoms with van der Waals surface area (Å²) in [6.07, 6.45) is 3.70. The van der Waals surface area contributed by atoms with Gasteiger partial charge in [0.25, 0.3) is 0 Å². The van der Waals surface area contributed by atoms with Crippen LogP contribution >= 0.6 is 0 Å². The standard InChI is InChI=1S/C22H34O7/c1-7-15-29-17(23)14-13-16-18(24-8-2)20(26-10-4)22(28-12-6)21(27-11-5)19(16)25-9-3/h13-14H,7-12,15H2,1-6H3. The van der Waals surface area contributed by atoms with Crippen molar-refractivity contribution >= 4 is 12.0 Å². The number of hydrogen-bond donors (Lipinski definition) is 0. The van der Waals surface area contributed by atoms with Gasteiger partial charge in [-0.1, -0.05) is 6.92 Å². The molecule has 7 heteroatoms. The van der Waals surface area contributed by atoms with Crippen molar-refractivity contribution in [2.75, 3.05) is 39.6 Å². The average Bonchev–Trinajstić information content (AvgIpc) is 2.71. The van der Waals surface area contributed by atoms with Gasteiger partial charge in [-0.3, -0.25) is 0 Å². The Morgan fingerprint density at radius 2 is 1.03 bits per heavy atom. The Morgan fingerprint density at radius 3 is 1.41 bits per heavy atom. The topological polar surface area (TPSA) is 72.5 Å². The highest BCUT2D eigenvalue weighted by molar-refractivity contribution is 5.90. The quantitative estimate of drug-likeness (QED) is 0.327. The van der Waals surface area contributed by atoms with E-state index >= 15 is 0 Å². The van der Waals surface area contributed by atoms with Gasteiger partial charge in [-0.05, 0) is 47.1 Å². The molecule has 29 heavy (non-hydrogen) atoms. The number of esters is 1. The first-order valence-corrected chi connectivity index (χ1v) is 10.3. The van der Waals surface area contributed by atoms with E-state index < -0.39 is 5.97 Å². The fraction of sp³-hybridized carbons (Fsp3) is 0.591. The molecule has 1 aromatic rings. The van der Waals surface area contributed by atoms with Gasteiger partial charge >= 0.3 is 5.97 Å². The molecule has 7 nitrogen and oxygen atoms in total. The summed E-state index contributed by atoms with van der Waals surface area (Å²) in [6, 6.07) is 0. The van der Waals surface area contributed by atoms with Crippen LogP contribution in [0.2, 0.25) is 0 Å². The second-order valence-corrected chi connectivity index (χ2v) is 5.73. The lowest BCUT2D eigenvalue weighted by molar-refractivity contribution is -0.137. The van der Waals surface area contributed by atoms with Crippen molar-refractivity contribution in [2.45, 2.75) is 48.0 Å². The molecule has 164 valence electrons. The van der Waals surface area contributed by atoms with Gasteiger partial charge < -0.3 is 28.4 Å². The molecule has 0 aliphatic heterocycles. The summed E-state index contributed by atoms with van der Waals surface area (Å²) < 4.78 is 34.5. The molecule has 0 saturated carbocycles. The summed E-state index contributed by atoms with van der Waals surface area (Å²) in [5, 5.41) is 0. The van der Waals surface area contributed by atoms with Gasteiger partial charge in [0, 0.05) is 6.08 Å². The van der Waals surface area contributed by atoms with Gasteiger partial charge in [0.1, 0.15) is 0 Å². The van der Waals surface area contributed by atoms with E-state index in [1.54, 1.807) is 6.08 Å². The molecule has 0 aliphatic carbocycles. The summed E-state index contributed by atoms with van der Waals surface area (Å²) in [5.41, 5.74) is 0.539. The lowest BCUT2D eigenvalue weighted by Crippen LogP contribution is -2.09. The van der Waals surface area contributed by atoms with Gasteiger partial charge in [0.05, 0.1) is 45.2 Å². The van der Waals surface area contributed by atoms with Crippen molar-refractivity contribution in [2.24, 2.45) is 0 Å². The highest BCUT2D eigenvalue weighted by Crippen LogP contribution is 2.54. The third kappa shape index (κ3) is 6.76. The Hall–Kier alpha value is -2.57. The van der Waals surface area contributed by atoms with E-state index in [-0.39, 0.29) is 0 Å². The minimum absolute atomic E-state index is 0.359. The van der Waals surface area contributed by atoms with Gasteiger partial charge in [-0.15, -0.1) is 0 Å². The van der Waals surface area contributed by atoms with Crippen LogP contribution in [0.15, 0.2) is 6.08 Å². The Labute approximate surface area is 173 Å². The number of ether oxygens (including phenoxy) is 6. The van der Waals surface area contributed by atoms with Crippen LogP contribution in [0.4, 0.5) is 0 Å². The zero-order valence-corrected chi connectivity index (χ0v) is 18.5. The van der Waals surface area contributed by atoms with E-state index in [0.717, 1.165) is 6.42 Å². The zero-order chi connectivity index (χ0) is 21.6. The molecule has 0 amide bonds. The lowest BCUT2D eigenvalue weighted by Gasteiger charge is -2.23. The van der Waals surface area contributed by atoms with Gasteiger partial charge in [0.2, 0.25) is 17.2 Å². The molecule has 0 heterocycles. The second kappa shape index (κ2) is 13.6. The van der Waals surface area contributed by atoms with Crippen LogP contribution in [0.3, 0.4) is 0 Å². The van der Waals surface area contributed by atoms with E-state index in [2.05, 4.69) is 0 Å². The molecular weight excluding hydrogens is 376 g/mol. The third-order valence-corrected chi connectivity index (χ3v) is 3.59. The van der Waals surface area contributed by atoms with Crippen LogP contribution < -0.4 is 23.7 Å². The van der Waals surface area contributed by atoms with E-state index in [4.69, 9.17) is 28.4 Å². The van der Waals surface area contributed by atoms with Crippen molar-refractivity contribution in [3.8, 4) is 28.7 Å². The molecule has 0 spiro atoms. The van der Waals surface area contributed by atoms with Crippen LogP contribution in [0.1, 0.15) is 53.5 Å². The summed E-state index contributed by atoms with van der Waals surface area (Å²) in [6.45, 7) is 13.7. The van der Waals surface area contributed by atoms with Crippen LogP contribution in [0, 0.1) is 0 Å². The summed E-state index contributed by atoms with van der Waals surface area (Å²) in [4.78, 5) is 12.0. The summed E-state index contributed by atoms with van der Waals surface area (Å²) in [5.74, 6) is 1.69. The van der Waals surface area contributed by atoms with Crippen LogP contribution in [0.25, 0.3) is 6.08 Å². The Balaban J connectivity index is 3.73. The average molecular weight is 411 g/mol. The Kier molecular flexibility index (Phi) is 11.5. The molecule has 0 bridgehead atoms. The molecular formula is C22H34O7. The molecule has 0 atom stereocenters. The van der Waals surface area contributed by atoms with Gasteiger partial charge in [-0.2, -0.15) is 0 Å². The lowest BCUT2D eigenvalue weighted by atomic mass is 10.1. The maximum atomic E-state index is 12.0. The highest BCUT2D eigenvalue weighted by Gasteiger charge is 2.29. The third-order valence-electron chi connectivity index (χ3n) is 3.59. The number of carbonyl (C=O) groups excluding carboxylic acids is 1. The maximum Gasteiger partial charge on any atom is 0.330 e. The predicted octanol–water partition coefficient (Wildman–Crippen LogP) is 4.65. The number of benzene rings is 1. The Morgan fingerprint density at radius 1 is 0.655 bits per heavy atom. The van der Waals surface area contributed by atoms with Crippen LogP contribution in [-0.4, -0.2) is 45.6 Å². The molecule has 0 fully saturated rings. The van der Waals surface area contributed by atoms with Crippen molar-refractivity contribution in [1.29, 1.82) is 0 Å². The first kappa shape index (κ1) is 24.5. The van der Waals surface area contributed by atoms with Crippen molar-refractivity contribution < 1.29 is 33.2 Å². The fourth-order valence-corrected chi connectivity index (χ4v) is 2.61. The molecule has 0 aromatic heterocycles. The maximum absolute atomic E-state index is 12.0. The molecule has 0 unspecified atom stereocenters. The van der Waals surface area contributed by atoms with E-state index in [1.807, 2.05) is 41.5 Å². The van der Waals surface area contributed by atoms with Crippen LogP contribution in [0.5, 0.6) is 28.7 Å². The monoisotopic (exact) mass is 410 g/mol. The minimum Gasteiger partial charge on any atom is -0.489 e. The van der Waals surface area contributed by atoms with E-state index in [9.17, 15) is 4.79 Å². The highest BCUT2D eigenvalue weighted by atomic mass is 16.6. The Bertz CT molecular complexity index is 631. The molecule has 0 saturated heterocycles. The number of carbonyl (C=O) groups is 1. The van der Waals surface area contributed by atoms with E-state index in [0.29, 0.717) is 74.0 Å².